The molecule has 0 aromatic carbocycles. The zero-order valence-corrected chi connectivity index (χ0v) is 12.5. The molecule has 1 aliphatic heterocycles. The third-order valence-corrected chi connectivity index (χ3v) is 4.91. The first-order valence-electron chi connectivity index (χ1n) is 7.18. The van der Waals surface area contributed by atoms with Gasteiger partial charge in [-0.2, -0.15) is 0 Å². The predicted molar refractivity (Wildman–Crippen MR) is 78.0 cm³/mol. The Morgan fingerprint density at radius 3 is 2.83 bits per heavy atom. The molecule has 0 aliphatic carbocycles. The molecule has 0 radical (unpaired) electrons. The Bertz CT molecular complexity index is 339. The molecule has 3 atom stereocenters. The first-order valence-corrected chi connectivity index (χ1v) is 8.06. The van der Waals surface area contributed by atoms with Crippen LogP contribution in [-0.4, -0.2) is 35.1 Å². The fraction of sp³-hybridized carbons (Fsp3) is 0.786. The van der Waals surface area contributed by atoms with Gasteiger partial charge in [-0.15, -0.1) is 11.3 Å². The normalized spacial score (nSPS) is 27.3. The number of piperazine rings is 1. The average Bonchev–Trinajstić information content (AvgIpc) is 2.93. The van der Waals surface area contributed by atoms with E-state index in [1.54, 1.807) is 11.3 Å². The van der Waals surface area contributed by atoms with Gasteiger partial charge in [0.1, 0.15) is 5.01 Å². The summed E-state index contributed by atoms with van der Waals surface area (Å²) in [5.41, 5.74) is 0. The average molecular weight is 267 g/mol. The van der Waals surface area contributed by atoms with E-state index in [2.05, 4.69) is 41.4 Å². The van der Waals surface area contributed by atoms with Crippen molar-refractivity contribution in [1.29, 1.82) is 0 Å². The van der Waals surface area contributed by atoms with Crippen LogP contribution in [0.4, 0.5) is 0 Å². The van der Waals surface area contributed by atoms with Crippen LogP contribution in [0.25, 0.3) is 0 Å². The van der Waals surface area contributed by atoms with E-state index in [1.807, 2.05) is 6.20 Å². The molecule has 0 bridgehead atoms. The number of hydrogen-bond donors (Lipinski definition) is 1. The maximum atomic E-state index is 4.54. The minimum Gasteiger partial charge on any atom is -0.311 e. The second kappa shape index (κ2) is 6.64. The highest BCUT2D eigenvalue weighted by Crippen LogP contribution is 2.30. The summed E-state index contributed by atoms with van der Waals surface area (Å²) in [4.78, 5) is 7.22. The molecule has 1 aliphatic rings. The van der Waals surface area contributed by atoms with E-state index in [4.69, 9.17) is 0 Å². The van der Waals surface area contributed by atoms with Gasteiger partial charge in [-0.1, -0.05) is 20.8 Å². The first-order chi connectivity index (χ1) is 8.80. The molecular formula is C14H25N3S. The summed E-state index contributed by atoms with van der Waals surface area (Å²) in [5, 5.41) is 7.05. The van der Waals surface area contributed by atoms with Crippen molar-refractivity contribution in [3.05, 3.63) is 16.6 Å². The monoisotopic (exact) mass is 267 g/mol. The van der Waals surface area contributed by atoms with Crippen LogP contribution in [-0.2, 0) is 0 Å². The molecule has 3 nitrogen and oxygen atoms in total. The molecule has 1 aromatic heterocycles. The van der Waals surface area contributed by atoms with Gasteiger partial charge in [0.2, 0.25) is 0 Å². The summed E-state index contributed by atoms with van der Waals surface area (Å²) in [7, 11) is 0. The number of nitrogens with zero attached hydrogens (tertiary/aromatic N) is 2. The molecule has 4 heteroatoms. The van der Waals surface area contributed by atoms with Crippen molar-refractivity contribution in [2.75, 3.05) is 13.1 Å². The second-order valence-electron chi connectivity index (χ2n) is 5.07. The number of aromatic nitrogens is 1. The van der Waals surface area contributed by atoms with Gasteiger partial charge in [-0.05, 0) is 19.3 Å². The van der Waals surface area contributed by atoms with Crippen molar-refractivity contribution < 1.29 is 0 Å². The molecule has 102 valence electrons. The van der Waals surface area contributed by atoms with Gasteiger partial charge in [0, 0.05) is 36.8 Å². The molecule has 18 heavy (non-hydrogen) atoms. The third-order valence-electron chi connectivity index (χ3n) is 4.03. The van der Waals surface area contributed by atoms with E-state index in [1.165, 1.54) is 17.8 Å². The molecule has 0 amide bonds. The summed E-state index contributed by atoms with van der Waals surface area (Å²) in [6.07, 6.45) is 5.51. The van der Waals surface area contributed by atoms with E-state index < -0.39 is 0 Å². The van der Waals surface area contributed by atoms with Gasteiger partial charge < -0.3 is 5.32 Å². The highest BCUT2D eigenvalue weighted by atomic mass is 32.1. The van der Waals surface area contributed by atoms with Gasteiger partial charge in [0.25, 0.3) is 0 Å². The van der Waals surface area contributed by atoms with Crippen LogP contribution in [0, 0.1) is 0 Å². The van der Waals surface area contributed by atoms with Crippen molar-refractivity contribution in [2.24, 2.45) is 0 Å². The zero-order valence-electron chi connectivity index (χ0n) is 11.7. The molecule has 0 spiro atoms. The van der Waals surface area contributed by atoms with Gasteiger partial charge in [-0.25, -0.2) is 4.98 Å². The fourth-order valence-corrected chi connectivity index (χ4v) is 3.71. The smallest absolute Gasteiger partial charge is 0.110 e. The quantitative estimate of drug-likeness (QED) is 0.888. The topological polar surface area (TPSA) is 28.2 Å². The number of thiazole rings is 1. The summed E-state index contributed by atoms with van der Waals surface area (Å²) >= 11 is 1.80. The molecular weight excluding hydrogens is 242 g/mol. The van der Waals surface area contributed by atoms with Crippen molar-refractivity contribution in [2.45, 2.75) is 58.2 Å². The lowest BCUT2D eigenvalue weighted by Gasteiger charge is -2.43. The third kappa shape index (κ3) is 2.92. The SMILES string of the molecule is CCC1CN(C(CC)c2nccs2)C(CC)CN1. The summed E-state index contributed by atoms with van der Waals surface area (Å²) in [5.74, 6) is 0. The van der Waals surface area contributed by atoms with Crippen molar-refractivity contribution in [3.63, 3.8) is 0 Å². The Morgan fingerprint density at radius 1 is 1.44 bits per heavy atom. The van der Waals surface area contributed by atoms with E-state index >= 15 is 0 Å². The van der Waals surface area contributed by atoms with E-state index in [9.17, 15) is 0 Å². The Kier molecular flexibility index (Phi) is 5.15. The Hall–Kier alpha value is -0.450. The first kappa shape index (κ1) is 14.0. The minimum absolute atomic E-state index is 0.506. The van der Waals surface area contributed by atoms with Crippen LogP contribution in [0.3, 0.4) is 0 Å². The summed E-state index contributed by atoms with van der Waals surface area (Å²) < 4.78 is 0. The highest BCUT2D eigenvalue weighted by Gasteiger charge is 2.32. The number of rotatable bonds is 5. The lowest BCUT2D eigenvalue weighted by molar-refractivity contribution is 0.0747. The second-order valence-corrected chi connectivity index (χ2v) is 5.99. The highest BCUT2D eigenvalue weighted by molar-refractivity contribution is 7.09. The van der Waals surface area contributed by atoms with Crippen LogP contribution < -0.4 is 5.32 Å². The fourth-order valence-electron chi connectivity index (χ4n) is 2.87. The standard InChI is InChI=1S/C14H25N3S/c1-4-11-10-17(12(5-2)9-16-11)13(6-3)14-15-7-8-18-14/h7-8,11-13,16H,4-6,9-10H2,1-3H3. The lowest BCUT2D eigenvalue weighted by atomic mass is 10.0. The van der Waals surface area contributed by atoms with Crippen LogP contribution in [0.5, 0.6) is 0 Å². The molecule has 1 N–H and O–H groups in total. The zero-order chi connectivity index (χ0) is 13.0. The van der Waals surface area contributed by atoms with Crippen molar-refractivity contribution in [3.8, 4) is 0 Å². The molecule has 1 fully saturated rings. The minimum atomic E-state index is 0.506. The number of nitrogens with one attached hydrogen (secondary N) is 1. The molecule has 2 rings (SSSR count). The summed E-state index contributed by atoms with van der Waals surface area (Å²) in [6, 6.07) is 1.80. The van der Waals surface area contributed by atoms with Gasteiger partial charge in [0.15, 0.2) is 0 Å². The molecule has 1 aromatic rings. The van der Waals surface area contributed by atoms with Crippen LogP contribution >= 0.6 is 11.3 Å². The summed E-state index contributed by atoms with van der Waals surface area (Å²) in [6.45, 7) is 9.12. The molecule has 0 saturated carbocycles. The Balaban J connectivity index is 2.15. The maximum absolute atomic E-state index is 4.54. The molecule has 1 saturated heterocycles. The Labute approximate surface area is 115 Å². The van der Waals surface area contributed by atoms with E-state index in [0.717, 1.165) is 19.5 Å². The predicted octanol–water partition coefficient (Wildman–Crippen LogP) is 3.06. The van der Waals surface area contributed by atoms with Crippen LogP contribution in [0.2, 0.25) is 0 Å². The van der Waals surface area contributed by atoms with E-state index in [0.29, 0.717) is 18.1 Å². The van der Waals surface area contributed by atoms with E-state index in [-0.39, 0.29) is 0 Å². The molecule has 2 heterocycles. The van der Waals surface area contributed by atoms with Crippen LogP contribution in [0.1, 0.15) is 51.1 Å². The number of hydrogen-bond acceptors (Lipinski definition) is 4. The molecule has 3 unspecified atom stereocenters. The maximum Gasteiger partial charge on any atom is 0.110 e. The van der Waals surface area contributed by atoms with Gasteiger partial charge in [-0.3, -0.25) is 4.90 Å². The van der Waals surface area contributed by atoms with Gasteiger partial charge >= 0.3 is 0 Å². The van der Waals surface area contributed by atoms with Crippen molar-refractivity contribution >= 4 is 11.3 Å². The van der Waals surface area contributed by atoms with Gasteiger partial charge in [0.05, 0.1) is 6.04 Å². The largest absolute Gasteiger partial charge is 0.311 e. The Morgan fingerprint density at radius 2 is 2.28 bits per heavy atom. The lowest BCUT2D eigenvalue weighted by Crippen LogP contribution is -2.56. The van der Waals surface area contributed by atoms with Crippen LogP contribution in [0.15, 0.2) is 11.6 Å². The van der Waals surface area contributed by atoms with Crippen molar-refractivity contribution in [1.82, 2.24) is 15.2 Å².